The number of ether oxygens (including phenoxy) is 1. The SMILES string of the molecule is CN/C1=N\C(=N)C(C)(c2cccc(CC3(C(=O)O)CC3)c2)CCCC(C)(C)C[S+]([O-])CCc2c(c(F)cc3[nH]ccc23)Oc2ccc(F)c1c2. The molecule has 2 heterocycles. The molecule has 2 atom stereocenters. The van der Waals surface area contributed by atoms with E-state index in [4.69, 9.17) is 4.74 Å². The molecule has 1 aliphatic carbocycles. The van der Waals surface area contributed by atoms with Crippen molar-refractivity contribution >= 4 is 39.7 Å². The molecule has 50 heavy (non-hydrogen) atoms. The zero-order chi connectivity index (χ0) is 35.8. The third-order valence-corrected chi connectivity index (χ3v) is 12.1. The lowest BCUT2D eigenvalue weighted by Crippen LogP contribution is -2.35. The number of halogens is 2. The molecule has 6 rings (SSSR count). The van der Waals surface area contributed by atoms with E-state index < -0.39 is 39.6 Å². The van der Waals surface area contributed by atoms with Gasteiger partial charge in [-0.05, 0) is 74.4 Å². The van der Waals surface area contributed by atoms with Crippen molar-refractivity contribution in [3.8, 4) is 11.5 Å². The van der Waals surface area contributed by atoms with Gasteiger partial charge in [0.2, 0.25) is 0 Å². The Morgan fingerprint density at radius 3 is 2.58 bits per heavy atom. The molecule has 0 amide bonds. The topological polar surface area (TPSA) is 134 Å². The summed E-state index contributed by atoms with van der Waals surface area (Å²) >= 11 is -1.22. The van der Waals surface area contributed by atoms with Crippen molar-refractivity contribution in [2.75, 3.05) is 18.6 Å². The molecule has 1 aromatic heterocycles. The van der Waals surface area contributed by atoms with Crippen LogP contribution in [0.5, 0.6) is 11.5 Å². The molecule has 3 aromatic carbocycles. The Labute approximate surface area is 294 Å². The summed E-state index contributed by atoms with van der Waals surface area (Å²) in [6.45, 7) is 6.11. The molecule has 0 radical (unpaired) electrons. The first kappa shape index (κ1) is 35.6. The zero-order valence-electron chi connectivity index (χ0n) is 28.9. The number of carboxylic acid groups (broad SMARTS) is 1. The maximum Gasteiger partial charge on any atom is 0.309 e. The fraction of sp³-hybridized carbons (Fsp3) is 0.410. The van der Waals surface area contributed by atoms with Crippen LogP contribution in [0.4, 0.5) is 8.78 Å². The molecule has 1 aliphatic heterocycles. The van der Waals surface area contributed by atoms with E-state index >= 15 is 8.78 Å². The van der Waals surface area contributed by atoms with Crippen LogP contribution in [-0.2, 0) is 34.2 Å². The van der Waals surface area contributed by atoms with Gasteiger partial charge in [0, 0.05) is 47.6 Å². The van der Waals surface area contributed by atoms with Crippen LogP contribution in [-0.4, -0.2) is 50.8 Å². The summed E-state index contributed by atoms with van der Waals surface area (Å²) in [6, 6.07) is 15.0. The number of amidine groups is 2. The number of nitrogens with zero attached hydrogens (tertiary/aromatic N) is 1. The van der Waals surface area contributed by atoms with Gasteiger partial charge in [-0.2, -0.15) is 0 Å². The van der Waals surface area contributed by atoms with Crippen LogP contribution in [0.15, 0.2) is 65.8 Å². The summed E-state index contributed by atoms with van der Waals surface area (Å²) in [7, 11) is 1.60. The van der Waals surface area contributed by atoms with Crippen molar-refractivity contribution < 1.29 is 28.0 Å². The Hall–Kier alpha value is -4.22. The molecular weight excluding hydrogens is 659 g/mol. The molecule has 1 fully saturated rings. The van der Waals surface area contributed by atoms with E-state index in [1.165, 1.54) is 24.3 Å². The van der Waals surface area contributed by atoms with Gasteiger partial charge >= 0.3 is 5.97 Å². The lowest BCUT2D eigenvalue weighted by atomic mass is 9.74. The number of aryl methyl sites for hydroxylation is 1. The van der Waals surface area contributed by atoms with Crippen LogP contribution in [0, 0.1) is 27.9 Å². The average Bonchev–Trinajstić information content (AvgIpc) is 3.71. The average molecular weight is 703 g/mol. The monoisotopic (exact) mass is 702 g/mol. The Balaban J connectivity index is 1.44. The fourth-order valence-corrected chi connectivity index (χ4v) is 8.68. The number of nitrogens with one attached hydrogen (secondary N) is 3. The Morgan fingerprint density at radius 1 is 1.08 bits per heavy atom. The van der Waals surface area contributed by atoms with Crippen molar-refractivity contribution in [1.82, 2.24) is 10.3 Å². The van der Waals surface area contributed by atoms with Gasteiger partial charge in [-0.15, -0.1) is 0 Å². The predicted octanol–water partition coefficient (Wildman–Crippen LogP) is 8.05. The lowest BCUT2D eigenvalue weighted by Gasteiger charge is -2.32. The molecule has 264 valence electrons. The van der Waals surface area contributed by atoms with Crippen LogP contribution in [0.2, 0.25) is 0 Å². The normalized spacial score (nSPS) is 23.5. The number of aliphatic imine (C=N–C) groups is 1. The highest BCUT2D eigenvalue weighted by molar-refractivity contribution is 7.91. The smallest absolute Gasteiger partial charge is 0.309 e. The Bertz CT molecular complexity index is 1970. The summed E-state index contributed by atoms with van der Waals surface area (Å²) in [5.74, 6) is -0.958. The molecule has 2 unspecified atom stereocenters. The number of rotatable bonds is 4. The highest BCUT2D eigenvalue weighted by Gasteiger charge is 2.50. The first-order valence-corrected chi connectivity index (χ1v) is 18.5. The van der Waals surface area contributed by atoms with Gasteiger partial charge in [0.1, 0.15) is 34.7 Å². The number of aliphatic carboxylic acids is 1. The maximum atomic E-state index is 15.6. The minimum absolute atomic E-state index is 0.00201. The Kier molecular flexibility index (Phi) is 9.85. The maximum absolute atomic E-state index is 15.6. The van der Waals surface area contributed by atoms with Crippen molar-refractivity contribution in [3.63, 3.8) is 0 Å². The van der Waals surface area contributed by atoms with Gasteiger partial charge in [-0.1, -0.05) is 55.7 Å². The van der Waals surface area contributed by atoms with E-state index in [0.29, 0.717) is 61.1 Å². The molecule has 11 heteroatoms. The van der Waals surface area contributed by atoms with Gasteiger partial charge in [-0.25, -0.2) is 13.8 Å². The summed E-state index contributed by atoms with van der Waals surface area (Å²) < 4.78 is 50.9. The largest absolute Gasteiger partial charge is 0.616 e. The van der Waals surface area contributed by atoms with E-state index in [1.54, 1.807) is 13.2 Å². The highest BCUT2D eigenvalue weighted by atomic mass is 32.2. The summed E-state index contributed by atoms with van der Waals surface area (Å²) in [4.78, 5) is 19.7. The van der Waals surface area contributed by atoms with E-state index in [1.807, 2.05) is 37.3 Å². The van der Waals surface area contributed by atoms with Crippen LogP contribution in [0.25, 0.3) is 10.9 Å². The van der Waals surface area contributed by atoms with Crippen molar-refractivity contribution in [2.45, 2.75) is 71.1 Å². The summed E-state index contributed by atoms with van der Waals surface area (Å²) in [6.07, 6.45) is 5.65. The number of H-pyrrole nitrogens is 1. The zero-order valence-corrected chi connectivity index (χ0v) is 29.7. The number of fused-ring (bicyclic) bond motifs is 5. The second kappa shape index (κ2) is 13.8. The third kappa shape index (κ3) is 7.30. The van der Waals surface area contributed by atoms with E-state index in [-0.39, 0.29) is 34.1 Å². The van der Waals surface area contributed by atoms with Crippen LogP contribution >= 0.6 is 0 Å². The molecule has 1 saturated carbocycles. The number of hydrogen-bond donors (Lipinski definition) is 4. The number of benzene rings is 3. The van der Waals surface area contributed by atoms with Crippen LogP contribution in [0.1, 0.15) is 75.1 Å². The number of carboxylic acids is 1. The lowest BCUT2D eigenvalue weighted by molar-refractivity contribution is -0.143. The van der Waals surface area contributed by atoms with Crippen molar-refractivity contribution in [1.29, 1.82) is 5.41 Å². The number of aromatic nitrogens is 1. The highest BCUT2D eigenvalue weighted by Crippen LogP contribution is 2.49. The minimum atomic E-state index is -1.22. The van der Waals surface area contributed by atoms with Gasteiger partial charge in [0.15, 0.2) is 11.6 Å². The molecule has 8 nitrogen and oxygen atoms in total. The molecule has 2 aliphatic rings. The number of carbonyl (C=O) groups is 1. The van der Waals surface area contributed by atoms with Gasteiger partial charge in [0.05, 0.1) is 16.4 Å². The standard InChI is InChI=1S/C39H44F2N4O4S/c1-37(2)13-6-14-38(3,25-8-5-7-24(19-25)22-39(15-16-39)36(46)47)35(42)45-34(43-4)29-20-26(9-10-30(29)40)49-33-28(12-18-50(48)23-37)27-11-17-44-32(27)21-31(33)41/h5,7-11,17,19-21,44H,6,12-16,18,22-23H2,1-4H3,(H,46,47)(H2,42,43,45). The van der Waals surface area contributed by atoms with Crippen molar-refractivity contribution in [2.24, 2.45) is 15.8 Å². The second-order valence-corrected chi connectivity index (χ2v) is 16.3. The second-order valence-electron chi connectivity index (χ2n) is 14.8. The van der Waals surface area contributed by atoms with E-state index in [9.17, 15) is 19.9 Å². The quantitative estimate of drug-likeness (QED) is 0.160. The summed E-state index contributed by atoms with van der Waals surface area (Å²) in [5, 5.41) is 22.9. The molecular formula is C39H44F2N4O4S. The molecule has 2 bridgehead atoms. The van der Waals surface area contributed by atoms with E-state index in [0.717, 1.165) is 22.9 Å². The molecule has 4 aromatic rings. The predicted molar refractivity (Wildman–Crippen MR) is 194 cm³/mol. The molecule has 0 saturated heterocycles. The fourth-order valence-electron chi connectivity index (χ4n) is 7.08. The third-order valence-electron chi connectivity index (χ3n) is 10.3. The first-order valence-electron chi connectivity index (χ1n) is 17.0. The van der Waals surface area contributed by atoms with Crippen LogP contribution < -0.4 is 10.1 Å². The summed E-state index contributed by atoms with van der Waals surface area (Å²) in [5.41, 5.74) is 0.960. The molecule has 0 spiro atoms. The Morgan fingerprint density at radius 2 is 1.86 bits per heavy atom. The minimum Gasteiger partial charge on any atom is -0.616 e. The van der Waals surface area contributed by atoms with Gasteiger partial charge in [0.25, 0.3) is 0 Å². The number of hydrogen-bond acceptors (Lipinski definition) is 5. The van der Waals surface area contributed by atoms with Gasteiger partial charge < -0.3 is 24.7 Å². The number of aromatic amines is 1. The van der Waals surface area contributed by atoms with Gasteiger partial charge in [-0.3, -0.25) is 10.2 Å². The van der Waals surface area contributed by atoms with Crippen LogP contribution in [0.3, 0.4) is 0 Å². The molecule has 4 N–H and O–H groups in total. The first-order chi connectivity index (χ1) is 23.7. The van der Waals surface area contributed by atoms with E-state index in [2.05, 4.69) is 29.1 Å². The van der Waals surface area contributed by atoms with Crippen molar-refractivity contribution in [3.05, 3.63) is 94.7 Å².